The van der Waals surface area contributed by atoms with Crippen LogP contribution in [-0.2, 0) is 0 Å². The fourth-order valence-electron chi connectivity index (χ4n) is 1.81. The molecule has 0 unspecified atom stereocenters. The molecular weight excluding hydrogens is 272 g/mol. The highest BCUT2D eigenvalue weighted by molar-refractivity contribution is 7.14. The van der Waals surface area contributed by atoms with Crippen LogP contribution in [0.15, 0.2) is 12.1 Å². The molecular formula is C15H22N2O2S. The lowest BCUT2D eigenvalue weighted by Crippen LogP contribution is -2.35. The summed E-state index contributed by atoms with van der Waals surface area (Å²) in [6.45, 7) is 7.71. The monoisotopic (exact) mass is 294 g/mol. The van der Waals surface area contributed by atoms with Gasteiger partial charge in [0.25, 0.3) is 5.91 Å². The van der Waals surface area contributed by atoms with Crippen LogP contribution < -0.4 is 5.32 Å². The van der Waals surface area contributed by atoms with Gasteiger partial charge in [-0.2, -0.15) is 0 Å². The summed E-state index contributed by atoms with van der Waals surface area (Å²) >= 11 is 1.35. The standard InChI is InChI=1S/C15H22N2O2S/c1-3-10-17(4-2)11-9-16-15(19)14-8-7-13(20-14)6-5-12-18/h7-8,18H,3-4,9-12H2,1-2H3,(H,16,19). The van der Waals surface area contributed by atoms with Crippen molar-refractivity contribution in [2.24, 2.45) is 0 Å². The van der Waals surface area contributed by atoms with E-state index in [4.69, 9.17) is 5.11 Å². The number of thiophene rings is 1. The van der Waals surface area contributed by atoms with Crippen molar-refractivity contribution in [2.45, 2.75) is 20.3 Å². The first-order valence-electron chi connectivity index (χ1n) is 6.91. The second kappa shape index (κ2) is 9.54. The molecule has 0 bridgehead atoms. The number of nitrogens with one attached hydrogen (secondary N) is 1. The van der Waals surface area contributed by atoms with Crippen LogP contribution in [0, 0.1) is 11.8 Å². The van der Waals surface area contributed by atoms with Gasteiger partial charge in [0.2, 0.25) is 0 Å². The lowest BCUT2D eigenvalue weighted by molar-refractivity contribution is 0.0952. The molecule has 0 saturated carbocycles. The Morgan fingerprint density at radius 2 is 2.20 bits per heavy atom. The van der Waals surface area contributed by atoms with Crippen molar-refractivity contribution < 1.29 is 9.90 Å². The minimum Gasteiger partial charge on any atom is -0.384 e. The van der Waals surface area contributed by atoms with E-state index < -0.39 is 0 Å². The Bertz CT molecular complexity index is 474. The number of rotatable bonds is 7. The molecule has 5 heteroatoms. The van der Waals surface area contributed by atoms with Crippen molar-refractivity contribution in [3.05, 3.63) is 21.9 Å². The minimum atomic E-state index is -0.163. The predicted molar refractivity (Wildman–Crippen MR) is 83.0 cm³/mol. The van der Waals surface area contributed by atoms with Gasteiger partial charge in [-0.1, -0.05) is 25.7 Å². The SMILES string of the molecule is CCCN(CC)CCNC(=O)c1ccc(C#CCO)s1. The van der Waals surface area contributed by atoms with Gasteiger partial charge in [-0.15, -0.1) is 11.3 Å². The quantitative estimate of drug-likeness (QED) is 0.750. The third kappa shape index (κ3) is 5.74. The fraction of sp³-hybridized carbons (Fsp3) is 0.533. The second-order valence-electron chi connectivity index (χ2n) is 4.31. The summed E-state index contributed by atoms with van der Waals surface area (Å²) in [5.41, 5.74) is 0. The van der Waals surface area contributed by atoms with Gasteiger partial charge in [0.05, 0.1) is 9.75 Å². The molecule has 0 saturated heterocycles. The van der Waals surface area contributed by atoms with Gasteiger partial charge in [-0.05, 0) is 31.6 Å². The van der Waals surface area contributed by atoms with Crippen LogP contribution in [0.3, 0.4) is 0 Å². The third-order valence-electron chi connectivity index (χ3n) is 2.82. The van der Waals surface area contributed by atoms with Gasteiger partial charge in [-0.3, -0.25) is 4.79 Å². The van der Waals surface area contributed by atoms with Crippen LogP contribution in [0.1, 0.15) is 34.8 Å². The number of aliphatic hydroxyl groups excluding tert-OH is 1. The first kappa shape index (κ1) is 16.7. The molecule has 2 N–H and O–H groups in total. The van der Waals surface area contributed by atoms with Crippen molar-refractivity contribution in [2.75, 3.05) is 32.8 Å². The van der Waals surface area contributed by atoms with Crippen molar-refractivity contribution in [1.82, 2.24) is 10.2 Å². The Morgan fingerprint density at radius 3 is 2.85 bits per heavy atom. The number of hydrogen-bond acceptors (Lipinski definition) is 4. The van der Waals surface area contributed by atoms with Crippen molar-refractivity contribution >= 4 is 17.2 Å². The van der Waals surface area contributed by atoms with E-state index >= 15 is 0 Å². The van der Waals surface area contributed by atoms with Crippen LogP contribution in [0.5, 0.6) is 0 Å². The van der Waals surface area contributed by atoms with E-state index in [2.05, 4.69) is 35.9 Å². The molecule has 1 heterocycles. The Kier molecular flexibility index (Phi) is 7.97. The molecule has 0 atom stereocenters. The molecule has 1 aromatic rings. The van der Waals surface area contributed by atoms with Crippen molar-refractivity contribution in [3.63, 3.8) is 0 Å². The maximum atomic E-state index is 11.9. The van der Waals surface area contributed by atoms with Crippen molar-refractivity contribution in [3.8, 4) is 11.8 Å². The largest absolute Gasteiger partial charge is 0.384 e. The van der Waals surface area contributed by atoms with E-state index in [0.717, 1.165) is 30.9 Å². The van der Waals surface area contributed by atoms with Crippen LogP contribution in [0.2, 0.25) is 0 Å². The Morgan fingerprint density at radius 1 is 1.40 bits per heavy atom. The van der Waals surface area contributed by atoms with E-state index in [-0.39, 0.29) is 12.5 Å². The van der Waals surface area contributed by atoms with Gasteiger partial charge < -0.3 is 15.3 Å². The van der Waals surface area contributed by atoms with Crippen molar-refractivity contribution in [1.29, 1.82) is 0 Å². The molecule has 110 valence electrons. The fourth-order valence-corrected chi connectivity index (χ4v) is 2.61. The Labute approximate surface area is 124 Å². The number of carbonyl (C=O) groups is 1. The van der Waals surface area contributed by atoms with Gasteiger partial charge in [0.15, 0.2) is 0 Å². The normalized spacial score (nSPS) is 10.2. The second-order valence-corrected chi connectivity index (χ2v) is 5.40. The average molecular weight is 294 g/mol. The maximum Gasteiger partial charge on any atom is 0.261 e. The van der Waals surface area contributed by atoms with E-state index in [9.17, 15) is 4.79 Å². The summed E-state index contributed by atoms with van der Waals surface area (Å²) in [6, 6.07) is 3.57. The molecule has 1 amide bonds. The average Bonchev–Trinajstić information content (AvgIpc) is 2.92. The molecule has 0 spiro atoms. The van der Waals surface area contributed by atoms with Gasteiger partial charge >= 0.3 is 0 Å². The highest BCUT2D eigenvalue weighted by Gasteiger charge is 2.08. The smallest absolute Gasteiger partial charge is 0.261 e. The number of aliphatic hydroxyl groups is 1. The zero-order valence-electron chi connectivity index (χ0n) is 12.1. The van der Waals surface area contributed by atoms with Crippen LogP contribution >= 0.6 is 11.3 Å². The summed E-state index contributed by atoms with van der Waals surface area (Å²) in [4.78, 5) is 15.7. The van der Waals surface area contributed by atoms with E-state index in [0.29, 0.717) is 11.4 Å². The first-order valence-corrected chi connectivity index (χ1v) is 7.73. The molecule has 1 rings (SSSR count). The minimum absolute atomic E-state index is 0.0559. The zero-order valence-corrected chi connectivity index (χ0v) is 12.9. The molecule has 0 fully saturated rings. The molecule has 1 aromatic heterocycles. The highest BCUT2D eigenvalue weighted by atomic mass is 32.1. The summed E-state index contributed by atoms with van der Waals surface area (Å²) in [7, 11) is 0. The first-order chi connectivity index (χ1) is 9.71. The van der Waals surface area contributed by atoms with E-state index in [1.807, 2.05) is 0 Å². The van der Waals surface area contributed by atoms with E-state index in [1.54, 1.807) is 12.1 Å². The van der Waals surface area contributed by atoms with Crippen LogP contribution in [-0.4, -0.2) is 48.7 Å². The Hall–Kier alpha value is -1.35. The molecule has 4 nitrogen and oxygen atoms in total. The zero-order chi connectivity index (χ0) is 14.8. The summed E-state index contributed by atoms with van der Waals surface area (Å²) in [5, 5.41) is 11.5. The van der Waals surface area contributed by atoms with Crippen LogP contribution in [0.25, 0.3) is 0 Å². The molecule has 20 heavy (non-hydrogen) atoms. The highest BCUT2D eigenvalue weighted by Crippen LogP contribution is 2.14. The summed E-state index contributed by atoms with van der Waals surface area (Å²) < 4.78 is 0. The number of carbonyl (C=O) groups excluding carboxylic acids is 1. The molecule has 0 aliphatic carbocycles. The number of hydrogen-bond donors (Lipinski definition) is 2. The third-order valence-corrected chi connectivity index (χ3v) is 3.82. The maximum absolute atomic E-state index is 11.9. The number of amides is 1. The lowest BCUT2D eigenvalue weighted by Gasteiger charge is -2.19. The molecule has 0 radical (unpaired) electrons. The molecule has 0 aromatic carbocycles. The van der Waals surface area contributed by atoms with Gasteiger partial charge in [0.1, 0.15) is 6.61 Å². The lowest BCUT2D eigenvalue weighted by atomic mass is 10.3. The summed E-state index contributed by atoms with van der Waals surface area (Å²) in [6.07, 6.45) is 1.12. The van der Waals surface area contributed by atoms with E-state index in [1.165, 1.54) is 11.3 Å². The van der Waals surface area contributed by atoms with Crippen LogP contribution in [0.4, 0.5) is 0 Å². The molecule has 0 aliphatic heterocycles. The number of nitrogens with zero attached hydrogens (tertiary/aromatic N) is 1. The Balaban J connectivity index is 2.41. The van der Waals surface area contributed by atoms with Gasteiger partial charge in [-0.25, -0.2) is 0 Å². The van der Waals surface area contributed by atoms with Gasteiger partial charge in [0, 0.05) is 13.1 Å². The topological polar surface area (TPSA) is 52.6 Å². The molecule has 0 aliphatic rings. The number of likely N-dealkylation sites (N-methyl/N-ethyl adjacent to an activating group) is 1. The summed E-state index contributed by atoms with van der Waals surface area (Å²) in [5.74, 6) is 5.32. The predicted octanol–water partition coefficient (Wildman–Crippen LogP) is 1.55.